The zero-order chi connectivity index (χ0) is 11.1. The van der Waals surface area contributed by atoms with Crippen molar-refractivity contribution in [3.05, 3.63) is 17.8 Å². The van der Waals surface area contributed by atoms with Crippen LogP contribution in [-0.4, -0.2) is 23.0 Å². The highest BCUT2D eigenvalue weighted by molar-refractivity contribution is 5.86. The lowest BCUT2D eigenvalue weighted by Gasteiger charge is -2.34. The summed E-state index contributed by atoms with van der Waals surface area (Å²) in [7, 11) is 0. The summed E-state index contributed by atoms with van der Waals surface area (Å²) in [6, 6.07) is -0.0496. The number of nitrogens with zero attached hydrogens (tertiary/aromatic N) is 1. The predicted molar refractivity (Wildman–Crippen MR) is 54.2 cm³/mol. The molecule has 0 radical (unpaired) electrons. The van der Waals surface area contributed by atoms with Gasteiger partial charge in [0.1, 0.15) is 11.8 Å². The van der Waals surface area contributed by atoms with E-state index >= 15 is 0 Å². The first-order valence-corrected chi connectivity index (χ1v) is 4.97. The van der Waals surface area contributed by atoms with Crippen LogP contribution >= 0.6 is 0 Å². The fraction of sp³-hybridized carbons (Fsp3) is 0.600. The smallest absolute Gasteiger partial charge is 0.239 e. The van der Waals surface area contributed by atoms with Gasteiger partial charge in [-0.2, -0.15) is 0 Å². The highest BCUT2D eigenvalue weighted by Crippen LogP contribution is 2.19. The number of amides is 1. The lowest BCUT2D eigenvalue weighted by Crippen LogP contribution is -2.60. The first-order chi connectivity index (χ1) is 6.99. The highest BCUT2D eigenvalue weighted by Gasteiger charge is 2.36. The Morgan fingerprint density at radius 1 is 1.60 bits per heavy atom. The summed E-state index contributed by atoms with van der Waals surface area (Å²) in [5.41, 5.74) is -0.578. The molecule has 1 aliphatic heterocycles. The van der Waals surface area contributed by atoms with E-state index in [1.54, 1.807) is 6.20 Å². The van der Waals surface area contributed by atoms with E-state index in [2.05, 4.69) is 15.6 Å². The maximum absolute atomic E-state index is 11.5. The third-order valence-corrected chi connectivity index (χ3v) is 2.51. The van der Waals surface area contributed by atoms with E-state index in [4.69, 9.17) is 4.42 Å². The van der Waals surface area contributed by atoms with E-state index in [0.29, 0.717) is 12.4 Å². The van der Waals surface area contributed by atoms with Crippen molar-refractivity contribution in [2.75, 3.05) is 6.54 Å². The Labute approximate surface area is 88.3 Å². The maximum atomic E-state index is 11.5. The number of oxazole rings is 1. The van der Waals surface area contributed by atoms with Crippen molar-refractivity contribution in [1.29, 1.82) is 0 Å². The van der Waals surface area contributed by atoms with Gasteiger partial charge >= 0.3 is 0 Å². The van der Waals surface area contributed by atoms with E-state index in [1.165, 1.54) is 0 Å². The second-order valence-corrected chi connectivity index (χ2v) is 4.34. The zero-order valence-corrected chi connectivity index (χ0v) is 9.13. The molecule has 0 saturated carbocycles. The summed E-state index contributed by atoms with van der Waals surface area (Å²) in [6.07, 6.45) is 1.68. The Morgan fingerprint density at radius 3 is 2.87 bits per heavy atom. The zero-order valence-electron chi connectivity index (χ0n) is 9.13. The molecule has 1 atom stereocenters. The molecule has 0 aliphatic carbocycles. The number of aryl methyl sites for hydroxylation is 1. The fourth-order valence-corrected chi connectivity index (χ4v) is 1.65. The second kappa shape index (κ2) is 3.34. The number of hydrogen-bond donors (Lipinski definition) is 2. The molecule has 5 nitrogen and oxygen atoms in total. The third kappa shape index (κ3) is 1.87. The third-order valence-electron chi connectivity index (χ3n) is 2.51. The maximum Gasteiger partial charge on any atom is 0.239 e. The summed E-state index contributed by atoms with van der Waals surface area (Å²) < 4.78 is 5.43. The van der Waals surface area contributed by atoms with Crippen LogP contribution in [0.25, 0.3) is 0 Å². The number of rotatable bonds is 1. The summed E-state index contributed by atoms with van der Waals surface area (Å²) in [6.45, 7) is 6.04. The molecule has 2 N–H and O–H groups in total. The molecular weight excluding hydrogens is 194 g/mol. The van der Waals surface area contributed by atoms with Crippen LogP contribution in [0.4, 0.5) is 0 Å². The fourth-order valence-electron chi connectivity index (χ4n) is 1.65. The van der Waals surface area contributed by atoms with E-state index in [0.717, 1.165) is 5.76 Å². The molecule has 0 bridgehead atoms. The summed E-state index contributed by atoms with van der Waals surface area (Å²) in [4.78, 5) is 15.6. The molecule has 1 amide bonds. The number of carbonyl (C=O) groups excluding carboxylic acids is 1. The van der Waals surface area contributed by atoms with Gasteiger partial charge in [0.05, 0.1) is 11.7 Å². The van der Waals surface area contributed by atoms with Gasteiger partial charge in [0.15, 0.2) is 0 Å². The van der Waals surface area contributed by atoms with Gasteiger partial charge in [0, 0.05) is 6.54 Å². The minimum absolute atomic E-state index is 0.00188. The first-order valence-electron chi connectivity index (χ1n) is 4.97. The van der Waals surface area contributed by atoms with E-state index in [1.807, 2.05) is 20.8 Å². The van der Waals surface area contributed by atoms with Gasteiger partial charge in [-0.3, -0.25) is 10.1 Å². The van der Waals surface area contributed by atoms with Crippen LogP contribution in [0.3, 0.4) is 0 Å². The van der Waals surface area contributed by atoms with Crippen LogP contribution in [0, 0.1) is 6.92 Å². The van der Waals surface area contributed by atoms with Gasteiger partial charge in [-0.15, -0.1) is 0 Å². The monoisotopic (exact) mass is 209 g/mol. The molecule has 1 unspecified atom stereocenters. The standard InChI is InChI=1S/C10H15N3O2/c1-6-4-11-8(15-6)7-5-12-9(14)10(2,3)13-7/h4,7,13H,5H2,1-3H3,(H,12,14). The molecule has 1 aliphatic rings. The Morgan fingerprint density at radius 2 is 2.33 bits per heavy atom. The van der Waals surface area contributed by atoms with Crippen LogP contribution in [0.5, 0.6) is 0 Å². The van der Waals surface area contributed by atoms with Gasteiger partial charge in [0.2, 0.25) is 11.8 Å². The van der Waals surface area contributed by atoms with Crippen molar-refractivity contribution in [1.82, 2.24) is 15.6 Å². The molecule has 82 valence electrons. The van der Waals surface area contributed by atoms with Crippen molar-refractivity contribution in [2.45, 2.75) is 32.4 Å². The lowest BCUT2D eigenvalue weighted by molar-refractivity contribution is -0.129. The summed E-state index contributed by atoms with van der Waals surface area (Å²) in [5.74, 6) is 1.41. The SMILES string of the molecule is Cc1cnc(C2CNC(=O)C(C)(C)N2)o1. The van der Waals surface area contributed by atoms with Crippen molar-refractivity contribution in [3.8, 4) is 0 Å². The van der Waals surface area contributed by atoms with Gasteiger partial charge in [-0.1, -0.05) is 0 Å². The molecule has 1 aromatic rings. The van der Waals surface area contributed by atoms with Crippen molar-refractivity contribution >= 4 is 5.91 Å². The molecule has 1 fully saturated rings. The quantitative estimate of drug-likeness (QED) is 0.707. The molecule has 15 heavy (non-hydrogen) atoms. The van der Waals surface area contributed by atoms with Gasteiger partial charge in [-0.25, -0.2) is 4.98 Å². The summed E-state index contributed by atoms with van der Waals surface area (Å²) in [5, 5.41) is 6.03. The van der Waals surface area contributed by atoms with E-state index in [-0.39, 0.29) is 11.9 Å². The van der Waals surface area contributed by atoms with Crippen molar-refractivity contribution in [2.24, 2.45) is 0 Å². The van der Waals surface area contributed by atoms with Crippen molar-refractivity contribution in [3.63, 3.8) is 0 Å². The minimum Gasteiger partial charge on any atom is -0.444 e. The Balaban J connectivity index is 2.16. The Kier molecular flexibility index (Phi) is 2.26. The number of piperazine rings is 1. The predicted octanol–water partition coefficient (Wildman–Crippen LogP) is 0.522. The van der Waals surface area contributed by atoms with E-state index in [9.17, 15) is 4.79 Å². The molecule has 2 rings (SSSR count). The Bertz CT molecular complexity index is 384. The second-order valence-electron chi connectivity index (χ2n) is 4.34. The average Bonchev–Trinajstić information content (AvgIpc) is 2.57. The molecule has 2 heterocycles. The molecule has 5 heteroatoms. The lowest BCUT2D eigenvalue weighted by atomic mass is 9.99. The van der Waals surface area contributed by atoms with Crippen LogP contribution in [0.2, 0.25) is 0 Å². The number of carbonyl (C=O) groups is 1. The number of hydrogen-bond acceptors (Lipinski definition) is 4. The topological polar surface area (TPSA) is 67.2 Å². The largest absolute Gasteiger partial charge is 0.444 e. The van der Waals surface area contributed by atoms with Gasteiger partial charge in [0.25, 0.3) is 0 Å². The van der Waals surface area contributed by atoms with Crippen LogP contribution in [0.1, 0.15) is 31.5 Å². The van der Waals surface area contributed by atoms with E-state index < -0.39 is 5.54 Å². The minimum atomic E-state index is -0.578. The number of nitrogens with one attached hydrogen (secondary N) is 2. The normalized spacial score (nSPS) is 25.0. The number of aromatic nitrogens is 1. The molecule has 0 spiro atoms. The van der Waals surface area contributed by atoms with Crippen LogP contribution in [0.15, 0.2) is 10.6 Å². The molecule has 1 aromatic heterocycles. The molecule has 0 aromatic carbocycles. The molecule has 1 saturated heterocycles. The first kappa shape index (κ1) is 10.2. The van der Waals surface area contributed by atoms with Gasteiger partial charge in [-0.05, 0) is 20.8 Å². The average molecular weight is 209 g/mol. The van der Waals surface area contributed by atoms with Crippen LogP contribution in [-0.2, 0) is 4.79 Å². The summed E-state index contributed by atoms with van der Waals surface area (Å²) >= 11 is 0. The van der Waals surface area contributed by atoms with Gasteiger partial charge < -0.3 is 9.73 Å². The van der Waals surface area contributed by atoms with Crippen molar-refractivity contribution < 1.29 is 9.21 Å². The highest BCUT2D eigenvalue weighted by atomic mass is 16.4. The van der Waals surface area contributed by atoms with Crippen LogP contribution < -0.4 is 10.6 Å². The molecular formula is C10H15N3O2. The Hall–Kier alpha value is -1.36.